The summed E-state index contributed by atoms with van der Waals surface area (Å²) < 4.78 is 6.57. The molecule has 2 fully saturated rings. The van der Waals surface area contributed by atoms with Crippen molar-refractivity contribution in [1.29, 1.82) is 0 Å². The first kappa shape index (κ1) is 19.2. The van der Waals surface area contributed by atoms with Gasteiger partial charge in [0.25, 0.3) is 0 Å². The van der Waals surface area contributed by atoms with Crippen LogP contribution in [0.25, 0.3) is 21.6 Å². The molecule has 8 nitrogen and oxygen atoms in total. The van der Waals surface area contributed by atoms with Crippen molar-refractivity contribution >= 4 is 33.3 Å². The van der Waals surface area contributed by atoms with Gasteiger partial charge >= 0.3 is 0 Å². The van der Waals surface area contributed by atoms with Crippen molar-refractivity contribution in [3.05, 3.63) is 35.2 Å². The van der Waals surface area contributed by atoms with Gasteiger partial charge in [-0.05, 0) is 18.2 Å². The van der Waals surface area contributed by atoms with Gasteiger partial charge in [0.2, 0.25) is 5.91 Å². The fraction of sp³-hybridized carbons (Fsp3) is 0.381. The zero-order chi connectivity index (χ0) is 20.5. The van der Waals surface area contributed by atoms with Crippen LogP contribution in [0.4, 0.5) is 5.82 Å². The van der Waals surface area contributed by atoms with Gasteiger partial charge < -0.3 is 20.1 Å². The highest BCUT2D eigenvalue weighted by Gasteiger charge is 2.22. The molecule has 4 heterocycles. The van der Waals surface area contributed by atoms with Crippen molar-refractivity contribution in [2.24, 2.45) is 0 Å². The Morgan fingerprint density at radius 3 is 2.83 bits per heavy atom. The van der Waals surface area contributed by atoms with Gasteiger partial charge in [-0.1, -0.05) is 12.1 Å². The van der Waals surface area contributed by atoms with Gasteiger partial charge in [0.1, 0.15) is 5.75 Å². The lowest BCUT2D eigenvalue weighted by Crippen LogP contribution is -2.46. The lowest BCUT2D eigenvalue weighted by Gasteiger charge is -2.28. The Morgan fingerprint density at radius 1 is 1.17 bits per heavy atom. The molecule has 0 saturated carbocycles. The maximum absolute atomic E-state index is 11.7. The molecule has 30 heavy (non-hydrogen) atoms. The number of hydrogen-bond donors (Lipinski definition) is 2. The van der Waals surface area contributed by atoms with Gasteiger partial charge in [0.15, 0.2) is 11.6 Å². The molecular weight excluding hydrogens is 402 g/mol. The first-order valence-corrected chi connectivity index (χ1v) is 10.9. The number of morpholine rings is 1. The molecule has 3 aromatic rings. The number of benzene rings is 1. The number of rotatable bonds is 4. The van der Waals surface area contributed by atoms with Crippen LogP contribution in [0.2, 0.25) is 0 Å². The maximum atomic E-state index is 11.7. The molecule has 2 aliphatic rings. The van der Waals surface area contributed by atoms with Crippen LogP contribution in [0.15, 0.2) is 30.3 Å². The number of phenolic OH excluding ortho intramolecular Hbond substituents is 1. The number of piperazine rings is 1. The molecule has 2 aromatic heterocycles. The predicted molar refractivity (Wildman–Crippen MR) is 116 cm³/mol. The molecule has 2 N–H and O–H groups in total. The molecule has 0 spiro atoms. The average molecular weight is 426 g/mol. The Kier molecular flexibility index (Phi) is 5.24. The fourth-order valence-electron chi connectivity index (χ4n) is 3.85. The minimum absolute atomic E-state index is 0.0716. The van der Waals surface area contributed by atoms with Gasteiger partial charge in [-0.15, -0.1) is 11.3 Å². The number of aromatic nitrogens is 2. The van der Waals surface area contributed by atoms with E-state index in [4.69, 9.17) is 14.7 Å². The van der Waals surface area contributed by atoms with Crippen LogP contribution in [0.3, 0.4) is 0 Å². The van der Waals surface area contributed by atoms with Crippen molar-refractivity contribution in [2.75, 3.05) is 50.8 Å². The average Bonchev–Trinajstić information content (AvgIpc) is 3.16. The van der Waals surface area contributed by atoms with Crippen molar-refractivity contribution in [3.8, 4) is 17.1 Å². The molecule has 5 rings (SSSR count). The summed E-state index contributed by atoms with van der Waals surface area (Å²) in [5, 5.41) is 12.8. The summed E-state index contributed by atoms with van der Waals surface area (Å²) in [5.41, 5.74) is 1.68. The molecule has 0 atom stereocenters. The van der Waals surface area contributed by atoms with Crippen molar-refractivity contribution < 1.29 is 14.6 Å². The Morgan fingerprint density at radius 2 is 2.03 bits per heavy atom. The molecule has 2 aliphatic heterocycles. The third-order valence-electron chi connectivity index (χ3n) is 5.32. The molecule has 1 amide bonds. The van der Waals surface area contributed by atoms with Gasteiger partial charge in [-0.2, -0.15) is 0 Å². The van der Waals surface area contributed by atoms with E-state index in [0.29, 0.717) is 32.1 Å². The summed E-state index contributed by atoms with van der Waals surface area (Å²) in [5.74, 6) is 1.77. The number of carbonyl (C=O) groups excluding carboxylic acids is 1. The topological polar surface area (TPSA) is 90.8 Å². The van der Waals surface area contributed by atoms with E-state index >= 15 is 0 Å². The number of nitrogens with one attached hydrogen (secondary N) is 1. The second kappa shape index (κ2) is 8.17. The fourth-order valence-corrected chi connectivity index (χ4v) is 5.01. The highest BCUT2D eigenvalue weighted by Crippen LogP contribution is 2.35. The smallest absolute Gasteiger partial charge is 0.234 e. The molecule has 2 saturated heterocycles. The second-order valence-corrected chi connectivity index (χ2v) is 8.65. The van der Waals surface area contributed by atoms with Gasteiger partial charge in [0, 0.05) is 43.2 Å². The predicted octanol–water partition coefficient (Wildman–Crippen LogP) is 1.83. The monoisotopic (exact) mass is 425 g/mol. The SMILES string of the molecule is O=C1CN(Cc2cc3nc(-c4cccc(O)c4)nc(N4CCOCC4)c3s2)CCN1. The van der Waals surface area contributed by atoms with E-state index in [1.807, 2.05) is 6.07 Å². The van der Waals surface area contributed by atoms with Gasteiger partial charge in [-0.3, -0.25) is 9.69 Å². The van der Waals surface area contributed by atoms with E-state index in [2.05, 4.69) is 21.2 Å². The number of carbonyl (C=O) groups is 1. The Labute approximate surface area is 178 Å². The van der Waals surface area contributed by atoms with E-state index in [1.165, 1.54) is 0 Å². The normalized spacial score (nSPS) is 18.0. The quantitative estimate of drug-likeness (QED) is 0.659. The number of amides is 1. The standard InChI is InChI=1S/C21H23N5O3S/c27-15-3-1-2-14(10-15)20-23-17-11-16(12-25-5-4-22-18(28)13-25)30-19(17)21(24-20)26-6-8-29-9-7-26/h1-3,10-11,27H,4-9,12-13H2,(H,22,28). The highest BCUT2D eigenvalue weighted by atomic mass is 32.1. The molecule has 0 aliphatic carbocycles. The third-order valence-corrected chi connectivity index (χ3v) is 6.42. The molecule has 0 bridgehead atoms. The van der Waals surface area contributed by atoms with Crippen LogP contribution in [-0.4, -0.2) is 71.8 Å². The summed E-state index contributed by atoms with van der Waals surface area (Å²) in [6.07, 6.45) is 0. The summed E-state index contributed by atoms with van der Waals surface area (Å²) in [7, 11) is 0. The summed E-state index contributed by atoms with van der Waals surface area (Å²) in [6, 6.07) is 9.13. The number of anilines is 1. The van der Waals surface area contributed by atoms with Crippen LogP contribution >= 0.6 is 11.3 Å². The number of ether oxygens (including phenoxy) is 1. The molecule has 0 radical (unpaired) electrons. The molecular formula is C21H23N5O3S. The zero-order valence-corrected chi connectivity index (χ0v) is 17.3. The van der Waals surface area contributed by atoms with E-state index in [1.54, 1.807) is 29.5 Å². The van der Waals surface area contributed by atoms with Crippen molar-refractivity contribution in [1.82, 2.24) is 20.2 Å². The minimum atomic E-state index is 0.0716. The Bertz CT molecular complexity index is 1080. The number of hydrogen-bond acceptors (Lipinski definition) is 8. The van der Waals surface area contributed by atoms with E-state index in [0.717, 1.165) is 52.7 Å². The molecule has 156 valence electrons. The number of thiophene rings is 1. The summed E-state index contributed by atoms with van der Waals surface area (Å²) in [4.78, 5) is 27.0. The zero-order valence-electron chi connectivity index (χ0n) is 16.5. The van der Waals surface area contributed by atoms with E-state index in [-0.39, 0.29) is 11.7 Å². The highest BCUT2D eigenvalue weighted by molar-refractivity contribution is 7.19. The lowest BCUT2D eigenvalue weighted by atomic mass is 10.2. The van der Waals surface area contributed by atoms with Crippen LogP contribution in [-0.2, 0) is 16.1 Å². The number of aromatic hydroxyl groups is 1. The van der Waals surface area contributed by atoms with Crippen LogP contribution in [0.5, 0.6) is 5.75 Å². The van der Waals surface area contributed by atoms with Gasteiger partial charge in [-0.25, -0.2) is 9.97 Å². The van der Waals surface area contributed by atoms with Crippen LogP contribution in [0.1, 0.15) is 4.88 Å². The first-order chi connectivity index (χ1) is 14.7. The maximum Gasteiger partial charge on any atom is 0.234 e. The largest absolute Gasteiger partial charge is 0.508 e. The Hall–Kier alpha value is -2.75. The molecule has 9 heteroatoms. The molecule has 1 aromatic carbocycles. The van der Waals surface area contributed by atoms with Gasteiger partial charge in [0.05, 0.1) is 30.0 Å². The minimum Gasteiger partial charge on any atom is -0.508 e. The Balaban J connectivity index is 1.55. The second-order valence-electron chi connectivity index (χ2n) is 7.51. The third kappa shape index (κ3) is 3.96. The van der Waals surface area contributed by atoms with Crippen molar-refractivity contribution in [3.63, 3.8) is 0 Å². The lowest BCUT2D eigenvalue weighted by molar-refractivity contribution is -0.124. The summed E-state index contributed by atoms with van der Waals surface area (Å²) >= 11 is 1.69. The number of phenols is 1. The number of fused-ring (bicyclic) bond motifs is 1. The summed E-state index contributed by atoms with van der Waals surface area (Å²) in [6.45, 7) is 5.59. The molecule has 0 unspecified atom stereocenters. The van der Waals surface area contributed by atoms with Crippen molar-refractivity contribution in [2.45, 2.75) is 6.54 Å². The van der Waals surface area contributed by atoms with Crippen LogP contribution < -0.4 is 10.2 Å². The first-order valence-electron chi connectivity index (χ1n) is 10.1. The number of nitrogens with zero attached hydrogens (tertiary/aromatic N) is 4. The van der Waals surface area contributed by atoms with E-state index in [9.17, 15) is 9.90 Å². The van der Waals surface area contributed by atoms with E-state index < -0.39 is 0 Å². The van der Waals surface area contributed by atoms with Crippen LogP contribution in [0, 0.1) is 0 Å².